The fourth-order valence-electron chi connectivity index (χ4n) is 3.15. The Bertz CT molecular complexity index is 1190. The van der Waals surface area contributed by atoms with Gasteiger partial charge in [-0.3, -0.25) is 24.0 Å². The molecule has 2 aromatic rings. The predicted octanol–water partition coefficient (Wildman–Crippen LogP) is -2.00. The lowest BCUT2D eigenvalue weighted by atomic mass is 10.1. The molecule has 1 aromatic heterocycles. The quantitative estimate of drug-likeness (QED) is 0.309. The summed E-state index contributed by atoms with van der Waals surface area (Å²) in [5.74, 6) is -0.653. The Balaban J connectivity index is 1.85. The van der Waals surface area contributed by atoms with Gasteiger partial charge in [-0.15, -0.1) is 0 Å². The van der Waals surface area contributed by atoms with Gasteiger partial charge in [0.25, 0.3) is 11.2 Å². The molecule has 13 nitrogen and oxygen atoms in total. The minimum atomic E-state index is -3.98. The first-order valence-corrected chi connectivity index (χ1v) is 10.6. The first-order chi connectivity index (χ1) is 14.6. The van der Waals surface area contributed by atoms with Crippen LogP contribution in [0.4, 0.5) is 5.69 Å². The van der Waals surface area contributed by atoms with Crippen molar-refractivity contribution >= 4 is 15.5 Å². The normalized spacial score (nSPS) is 23.7. The van der Waals surface area contributed by atoms with Crippen molar-refractivity contribution < 1.29 is 33.4 Å². The second kappa shape index (κ2) is 8.68. The second-order valence-electron chi connectivity index (χ2n) is 6.79. The van der Waals surface area contributed by atoms with E-state index in [0.29, 0.717) is 4.57 Å². The van der Waals surface area contributed by atoms with Crippen LogP contribution in [0.3, 0.4) is 0 Å². The monoisotopic (exact) mass is 457 g/mol. The van der Waals surface area contributed by atoms with Crippen LogP contribution in [0.5, 0.6) is 0 Å². The molecule has 31 heavy (non-hydrogen) atoms. The molecule has 168 valence electrons. The van der Waals surface area contributed by atoms with Crippen LogP contribution in [0, 0.1) is 10.1 Å². The minimum Gasteiger partial charge on any atom is -0.394 e. The van der Waals surface area contributed by atoms with Crippen molar-refractivity contribution in [3.8, 4) is 0 Å². The summed E-state index contributed by atoms with van der Waals surface area (Å²) in [4.78, 5) is 34.6. The van der Waals surface area contributed by atoms with Gasteiger partial charge >= 0.3 is 5.69 Å². The summed E-state index contributed by atoms with van der Waals surface area (Å²) in [6.07, 6.45) is -4.53. The molecular weight excluding hydrogens is 438 g/mol. The molecule has 14 heteroatoms. The highest BCUT2D eigenvalue weighted by molar-refractivity contribution is 7.91. The van der Waals surface area contributed by atoms with E-state index >= 15 is 0 Å². The van der Waals surface area contributed by atoms with Gasteiger partial charge in [0.05, 0.1) is 22.2 Å². The number of aromatic nitrogens is 2. The SMILES string of the molecule is O=c1ccn([C@@H]2O[C@H](CO)[C@@H](O)[C@H]2O)c(=O)n1CCS(=O)(=O)c1ccc([N+](=O)[O-])cc1. The van der Waals surface area contributed by atoms with E-state index in [4.69, 9.17) is 4.74 Å². The average molecular weight is 457 g/mol. The number of aliphatic hydroxyl groups excluding tert-OH is 3. The van der Waals surface area contributed by atoms with E-state index in [2.05, 4.69) is 0 Å². The standard InChI is InChI=1S/C17H19N3O10S/c21-9-12-14(23)15(24)16(30-12)19-6-5-13(22)18(17(19)25)7-8-31(28,29)11-3-1-10(2-4-11)20(26)27/h1-6,12,14-16,21,23-24H,7-9H2/t12-,14-,15-,16-/m1/s1. The van der Waals surface area contributed by atoms with Crippen molar-refractivity contribution in [2.45, 2.75) is 36.0 Å². The van der Waals surface area contributed by atoms with Crippen molar-refractivity contribution in [1.82, 2.24) is 9.13 Å². The molecule has 0 amide bonds. The predicted molar refractivity (Wildman–Crippen MR) is 103 cm³/mol. The van der Waals surface area contributed by atoms with E-state index in [1.165, 1.54) is 0 Å². The van der Waals surface area contributed by atoms with Gasteiger partial charge in [-0.25, -0.2) is 13.2 Å². The van der Waals surface area contributed by atoms with Crippen molar-refractivity contribution in [3.05, 3.63) is 67.5 Å². The van der Waals surface area contributed by atoms with Crippen molar-refractivity contribution in [1.29, 1.82) is 0 Å². The van der Waals surface area contributed by atoms with Gasteiger partial charge in [-0.1, -0.05) is 0 Å². The molecule has 0 unspecified atom stereocenters. The molecule has 0 spiro atoms. The van der Waals surface area contributed by atoms with Crippen LogP contribution in [0.25, 0.3) is 0 Å². The molecule has 0 aliphatic carbocycles. The molecule has 1 aliphatic heterocycles. The van der Waals surface area contributed by atoms with Gasteiger partial charge in [0.1, 0.15) is 18.3 Å². The number of rotatable bonds is 7. The maximum absolute atomic E-state index is 12.7. The maximum atomic E-state index is 12.7. The molecule has 4 atom stereocenters. The molecule has 2 heterocycles. The van der Waals surface area contributed by atoms with Gasteiger partial charge < -0.3 is 20.1 Å². The summed E-state index contributed by atoms with van der Waals surface area (Å²) < 4.78 is 31.7. The molecule has 0 saturated carbocycles. The van der Waals surface area contributed by atoms with Crippen LogP contribution in [0.2, 0.25) is 0 Å². The summed E-state index contributed by atoms with van der Waals surface area (Å²) in [5.41, 5.74) is -2.08. The molecule has 0 bridgehead atoms. The van der Waals surface area contributed by atoms with E-state index < -0.39 is 69.5 Å². The Kier molecular flexibility index (Phi) is 6.38. The summed E-state index contributed by atoms with van der Waals surface area (Å²) in [7, 11) is -3.98. The average Bonchev–Trinajstić information content (AvgIpc) is 3.02. The van der Waals surface area contributed by atoms with E-state index in [1.807, 2.05) is 0 Å². The van der Waals surface area contributed by atoms with Gasteiger partial charge in [0.15, 0.2) is 16.1 Å². The zero-order chi connectivity index (χ0) is 22.9. The Labute approximate surface area is 174 Å². The van der Waals surface area contributed by atoms with Crippen molar-refractivity contribution in [3.63, 3.8) is 0 Å². The summed E-state index contributed by atoms with van der Waals surface area (Å²) in [5, 5.41) is 39.8. The number of non-ortho nitro benzene ring substituents is 1. The van der Waals surface area contributed by atoms with Crippen molar-refractivity contribution in [2.24, 2.45) is 0 Å². The summed E-state index contributed by atoms with van der Waals surface area (Å²) in [6.45, 7) is -1.15. The third-order valence-corrected chi connectivity index (χ3v) is 6.59. The summed E-state index contributed by atoms with van der Waals surface area (Å²) in [6, 6.07) is 5.12. The molecular formula is C17H19N3O10S. The molecule has 1 fully saturated rings. The van der Waals surface area contributed by atoms with Crippen LogP contribution < -0.4 is 11.2 Å². The highest BCUT2D eigenvalue weighted by atomic mass is 32.2. The number of hydrogen-bond acceptors (Lipinski definition) is 10. The fraction of sp³-hybridized carbons (Fsp3) is 0.412. The fourth-order valence-corrected chi connectivity index (χ4v) is 4.35. The Morgan fingerprint density at radius 3 is 2.29 bits per heavy atom. The van der Waals surface area contributed by atoms with E-state index in [1.54, 1.807) is 0 Å². The molecule has 3 rings (SSSR count). The number of aliphatic hydroxyl groups is 3. The smallest absolute Gasteiger partial charge is 0.333 e. The number of nitro groups is 1. The molecule has 1 aromatic carbocycles. The first-order valence-electron chi connectivity index (χ1n) is 8.98. The highest BCUT2D eigenvalue weighted by Gasteiger charge is 2.43. The van der Waals surface area contributed by atoms with Gasteiger partial charge in [0, 0.05) is 30.9 Å². The first kappa shape index (κ1) is 22.8. The largest absolute Gasteiger partial charge is 0.394 e. The van der Waals surface area contributed by atoms with Gasteiger partial charge in [0.2, 0.25) is 0 Å². The van der Waals surface area contributed by atoms with E-state index in [-0.39, 0.29) is 10.6 Å². The molecule has 1 aliphatic rings. The Morgan fingerprint density at radius 2 is 1.74 bits per heavy atom. The topological polar surface area (TPSA) is 191 Å². The van der Waals surface area contributed by atoms with Crippen LogP contribution in [-0.2, 0) is 21.1 Å². The third kappa shape index (κ3) is 4.42. The maximum Gasteiger partial charge on any atom is 0.333 e. The molecule has 3 N–H and O–H groups in total. The number of nitrogens with zero attached hydrogens (tertiary/aromatic N) is 3. The lowest BCUT2D eigenvalue weighted by Crippen LogP contribution is -2.44. The third-order valence-electron chi connectivity index (χ3n) is 4.88. The minimum absolute atomic E-state index is 0.217. The number of sulfone groups is 1. The molecule has 0 radical (unpaired) electrons. The Hall–Kier alpha value is -2.91. The zero-order valence-electron chi connectivity index (χ0n) is 15.8. The second-order valence-corrected chi connectivity index (χ2v) is 8.90. The van der Waals surface area contributed by atoms with Crippen LogP contribution >= 0.6 is 0 Å². The van der Waals surface area contributed by atoms with E-state index in [0.717, 1.165) is 41.1 Å². The summed E-state index contributed by atoms with van der Waals surface area (Å²) >= 11 is 0. The number of benzene rings is 1. The molecule has 1 saturated heterocycles. The lowest BCUT2D eigenvalue weighted by molar-refractivity contribution is -0.384. The Morgan fingerprint density at radius 1 is 1.10 bits per heavy atom. The lowest BCUT2D eigenvalue weighted by Gasteiger charge is -2.18. The zero-order valence-corrected chi connectivity index (χ0v) is 16.7. The van der Waals surface area contributed by atoms with Gasteiger partial charge in [-0.2, -0.15) is 0 Å². The number of nitro benzene ring substituents is 1. The highest BCUT2D eigenvalue weighted by Crippen LogP contribution is 2.27. The van der Waals surface area contributed by atoms with Crippen LogP contribution in [0.1, 0.15) is 6.23 Å². The van der Waals surface area contributed by atoms with E-state index in [9.17, 15) is 43.4 Å². The van der Waals surface area contributed by atoms with Gasteiger partial charge in [-0.05, 0) is 12.1 Å². The van der Waals surface area contributed by atoms with Crippen LogP contribution in [-0.4, -0.2) is 68.5 Å². The van der Waals surface area contributed by atoms with Crippen molar-refractivity contribution in [2.75, 3.05) is 12.4 Å². The van der Waals surface area contributed by atoms with Crippen LogP contribution in [0.15, 0.2) is 51.0 Å². The number of hydrogen-bond donors (Lipinski definition) is 3. The number of ether oxygens (including phenoxy) is 1.